The number of nitrogens with zero attached hydrogens (tertiary/aromatic N) is 2. The zero-order chi connectivity index (χ0) is 12.4. The van der Waals surface area contributed by atoms with Crippen LogP contribution in [0, 0.1) is 6.92 Å². The van der Waals surface area contributed by atoms with Crippen molar-refractivity contribution in [2.45, 2.75) is 13.5 Å². The topological polar surface area (TPSA) is 49.6 Å². The van der Waals surface area contributed by atoms with Crippen LogP contribution in [0.25, 0.3) is 0 Å². The van der Waals surface area contributed by atoms with Gasteiger partial charge in [-0.25, -0.2) is 0 Å². The minimum atomic E-state index is 0.169. The van der Waals surface area contributed by atoms with Gasteiger partial charge in [0.15, 0.2) is 0 Å². The molecule has 1 aromatic carbocycles. The third kappa shape index (κ3) is 2.26. The van der Waals surface area contributed by atoms with Crippen molar-refractivity contribution in [2.24, 2.45) is 5.73 Å². The van der Waals surface area contributed by atoms with E-state index in [2.05, 4.69) is 17.9 Å². The highest BCUT2D eigenvalue weighted by atomic mass is 16.2. The molecule has 1 aliphatic rings. The average molecular weight is 233 g/mol. The van der Waals surface area contributed by atoms with Gasteiger partial charge in [0.1, 0.15) is 0 Å². The maximum atomic E-state index is 11.7. The summed E-state index contributed by atoms with van der Waals surface area (Å²) in [6.45, 7) is 4.68. The van der Waals surface area contributed by atoms with E-state index >= 15 is 0 Å². The lowest BCUT2D eigenvalue weighted by molar-refractivity contribution is -0.129. The Morgan fingerprint density at radius 3 is 2.76 bits per heavy atom. The van der Waals surface area contributed by atoms with E-state index in [1.54, 1.807) is 4.90 Å². The number of piperazine rings is 1. The van der Waals surface area contributed by atoms with Crippen LogP contribution in [0.1, 0.15) is 11.1 Å². The molecule has 0 saturated carbocycles. The molecule has 1 heterocycles. The summed E-state index contributed by atoms with van der Waals surface area (Å²) < 4.78 is 0. The molecule has 0 unspecified atom stereocenters. The monoisotopic (exact) mass is 233 g/mol. The van der Waals surface area contributed by atoms with Gasteiger partial charge in [0.25, 0.3) is 0 Å². The number of amides is 1. The Bertz CT molecular complexity index is 431. The molecule has 0 radical (unpaired) electrons. The molecule has 4 nitrogen and oxygen atoms in total. The number of rotatable bonds is 2. The highest BCUT2D eigenvalue weighted by Crippen LogP contribution is 2.26. The SMILES string of the molecule is Cc1cccc(CN)c1N1CCN(C)C(=O)C1. The normalized spacial score (nSPS) is 16.5. The van der Waals surface area contributed by atoms with E-state index in [1.165, 1.54) is 5.56 Å². The zero-order valence-corrected chi connectivity index (χ0v) is 10.4. The molecular formula is C13H19N3O. The minimum absolute atomic E-state index is 0.169. The van der Waals surface area contributed by atoms with Crippen LogP contribution in [-0.4, -0.2) is 37.5 Å². The van der Waals surface area contributed by atoms with E-state index < -0.39 is 0 Å². The zero-order valence-electron chi connectivity index (χ0n) is 10.4. The molecule has 0 atom stereocenters. The number of carbonyl (C=O) groups excluding carboxylic acids is 1. The van der Waals surface area contributed by atoms with Crippen LogP contribution in [0.15, 0.2) is 18.2 Å². The molecule has 1 amide bonds. The predicted octanol–water partition coefficient (Wildman–Crippen LogP) is 0.732. The second-order valence-electron chi connectivity index (χ2n) is 4.52. The quantitative estimate of drug-likeness (QED) is 0.819. The summed E-state index contributed by atoms with van der Waals surface area (Å²) in [6, 6.07) is 6.11. The maximum absolute atomic E-state index is 11.7. The van der Waals surface area contributed by atoms with Crippen molar-refractivity contribution in [2.75, 3.05) is 31.6 Å². The number of aryl methyl sites for hydroxylation is 1. The first-order valence-corrected chi connectivity index (χ1v) is 5.91. The molecule has 1 aliphatic heterocycles. The number of anilines is 1. The number of hydrogen-bond donors (Lipinski definition) is 1. The van der Waals surface area contributed by atoms with Crippen LogP contribution in [0.5, 0.6) is 0 Å². The lowest BCUT2D eigenvalue weighted by Crippen LogP contribution is -2.49. The molecular weight excluding hydrogens is 214 g/mol. The lowest BCUT2D eigenvalue weighted by atomic mass is 10.1. The van der Waals surface area contributed by atoms with Crippen LogP contribution in [0.2, 0.25) is 0 Å². The first-order chi connectivity index (χ1) is 8.13. The summed E-state index contributed by atoms with van der Waals surface area (Å²) in [4.78, 5) is 15.7. The van der Waals surface area contributed by atoms with Gasteiger partial charge in [-0.2, -0.15) is 0 Å². The van der Waals surface area contributed by atoms with E-state index in [-0.39, 0.29) is 5.91 Å². The summed E-state index contributed by atoms with van der Waals surface area (Å²) in [5.41, 5.74) is 9.20. The Labute approximate surface area is 102 Å². The van der Waals surface area contributed by atoms with Crippen molar-refractivity contribution in [3.8, 4) is 0 Å². The van der Waals surface area contributed by atoms with Crippen molar-refractivity contribution in [1.82, 2.24) is 4.90 Å². The van der Waals surface area contributed by atoms with Crippen molar-refractivity contribution >= 4 is 11.6 Å². The first kappa shape index (κ1) is 11.9. The van der Waals surface area contributed by atoms with E-state index in [9.17, 15) is 4.79 Å². The van der Waals surface area contributed by atoms with Gasteiger partial charge in [-0.05, 0) is 18.1 Å². The average Bonchev–Trinajstić information content (AvgIpc) is 2.32. The fourth-order valence-corrected chi connectivity index (χ4v) is 2.29. The van der Waals surface area contributed by atoms with E-state index in [1.807, 2.05) is 19.2 Å². The highest BCUT2D eigenvalue weighted by molar-refractivity contribution is 5.83. The molecule has 2 rings (SSSR count). The Balaban J connectivity index is 2.31. The molecule has 92 valence electrons. The molecule has 17 heavy (non-hydrogen) atoms. The maximum Gasteiger partial charge on any atom is 0.241 e. The molecule has 2 N–H and O–H groups in total. The van der Waals surface area contributed by atoms with Gasteiger partial charge in [-0.3, -0.25) is 4.79 Å². The second-order valence-corrected chi connectivity index (χ2v) is 4.52. The number of carbonyl (C=O) groups is 1. The van der Waals surface area contributed by atoms with Crippen LogP contribution in [0.3, 0.4) is 0 Å². The van der Waals surface area contributed by atoms with Gasteiger partial charge in [-0.15, -0.1) is 0 Å². The molecule has 1 saturated heterocycles. The van der Waals surface area contributed by atoms with Crippen molar-refractivity contribution in [3.05, 3.63) is 29.3 Å². The summed E-state index contributed by atoms with van der Waals surface area (Å²) in [5.74, 6) is 0.169. The number of likely N-dealkylation sites (N-methyl/N-ethyl adjacent to an activating group) is 1. The smallest absolute Gasteiger partial charge is 0.241 e. The molecule has 0 spiro atoms. The van der Waals surface area contributed by atoms with Gasteiger partial charge in [0.2, 0.25) is 5.91 Å². The molecule has 1 aromatic rings. The molecule has 0 aromatic heterocycles. The number of benzene rings is 1. The number of nitrogens with two attached hydrogens (primary N) is 1. The molecule has 0 bridgehead atoms. The third-order valence-electron chi connectivity index (χ3n) is 3.31. The summed E-state index contributed by atoms with van der Waals surface area (Å²) in [6.07, 6.45) is 0. The van der Waals surface area contributed by atoms with E-state index in [0.717, 1.165) is 24.3 Å². The van der Waals surface area contributed by atoms with Crippen LogP contribution < -0.4 is 10.6 Å². The van der Waals surface area contributed by atoms with Crippen molar-refractivity contribution in [3.63, 3.8) is 0 Å². The lowest BCUT2D eigenvalue weighted by Gasteiger charge is -2.35. The standard InChI is InChI=1S/C13H19N3O/c1-10-4-3-5-11(8-14)13(10)16-7-6-15(2)12(17)9-16/h3-5H,6-9,14H2,1-2H3. The molecule has 0 aliphatic carbocycles. The number of para-hydroxylation sites is 1. The molecule has 1 fully saturated rings. The van der Waals surface area contributed by atoms with E-state index in [4.69, 9.17) is 5.73 Å². The summed E-state index contributed by atoms with van der Waals surface area (Å²) in [7, 11) is 1.85. The van der Waals surface area contributed by atoms with Crippen molar-refractivity contribution in [1.29, 1.82) is 0 Å². The van der Waals surface area contributed by atoms with Gasteiger partial charge in [0, 0.05) is 32.4 Å². The largest absolute Gasteiger partial charge is 0.360 e. The predicted molar refractivity (Wildman–Crippen MR) is 68.9 cm³/mol. The Kier molecular flexibility index (Phi) is 3.33. The third-order valence-corrected chi connectivity index (χ3v) is 3.31. The van der Waals surface area contributed by atoms with Crippen molar-refractivity contribution < 1.29 is 4.79 Å². The Morgan fingerprint density at radius 1 is 1.35 bits per heavy atom. The Morgan fingerprint density at radius 2 is 2.12 bits per heavy atom. The summed E-state index contributed by atoms with van der Waals surface area (Å²) >= 11 is 0. The van der Waals surface area contributed by atoms with E-state index in [0.29, 0.717) is 13.1 Å². The van der Waals surface area contributed by atoms with Crippen LogP contribution in [0.4, 0.5) is 5.69 Å². The van der Waals surface area contributed by atoms with Gasteiger partial charge in [-0.1, -0.05) is 18.2 Å². The minimum Gasteiger partial charge on any atom is -0.360 e. The summed E-state index contributed by atoms with van der Waals surface area (Å²) in [5, 5.41) is 0. The fourth-order valence-electron chi connectivity index (χ4n) is 2.29. The van der Waals surface area contributed by atoms with Gasteiger partial charge >= 0.3 is 0 Å². The van der Waals surface area contributed by atoms with Crippen LogP contribution >= 0.6 is 0 Å². The number of hydrogen-bond acceptors (Lipinski definition) is 3. The van der Waals surface area contributed by atoms with Gasteiger partial charge < -0.3 is 15.5 Å². The Hall–Kier alpha value is -1.55. The first-order valence-electron chi connectivity index (χ1n) is 5.91. The fraction of sp³-hybridized carbons (Fsp3) is 0.462. The second kappa shape index (κ2) is 4.75. The van der Waals surface area contributed by atoms with Gasteiger partial charge in [0.05, 0.1) is 6.54 Å². The van der Waals surface area contributed by atoms with Crippen LogP contribution in [-0.2, 0) is 11.3 Å². The highest BCUT2D eigenvalue weighted by Gasteiger charge is 2.23. The molecule has 4 heteroatoms.